The van der Waals surface area contributed by atoms with Crippen molar-refractivity contribution in [3.63, 3.8) is 0 Å². The Morgan fingerprint density at radius 2 is 2.28 bits per heavy atom. The summed E-state index contributed by atoms with van der Waals surface area (Å²) in [6.45, 7) is 4.13. The van der Waals surface area contributed by atoms with Crippen LogP contribution in [-0.2, 0) is 4.79 Å². The molecular formula is C15H21NO2. The first-order chi connectivity index (χ1) is 8.61. The van der Waals surface area contributed by atoms with Crippen LogP contribution in [0.25, 0.3) is 6.08 Å². The monoisotopic (exact) mass is 247 g/mol. The number of hydrogen-bond acceptors (Lipinski definition) is 2. The number of aliphatic hydroxyl groups is 1. The molecule has 0 heterocycles. The second-order valence-corrected chi connectivity index (χ2v) is 4.52. The maximum atomic E-state index is 11.6. The van der Waals surface area contributed by atoms with Gasteiger partial charge in [-0.25, -0.2) is 0 Å². The Morgan fingerprint density at radius 3 is 2.94 bits per heavy atom. The highest BCUT2D eigenvalue weighted by atomic mass is 16.2. The van der Waals surface area contributed by atoms with Gasteiger partial charge in [-0.3, -0.25) is 4.79 Å². The Labute approximate surface area is 109 Å². The van der Waals surface area contributed by atoms with Crippen molar-refractivity contribution in [1.29, 1.82) is 0 Å². The van der Waals surface area contributed by atoms with Crippen LogP contribution in [0.2, 0.25) is 0 Å². The summed E-state index contributed by atoms with van der Waals surface area (Å²) in [5.74, 6) is -0.0954. The van der Waals surface area contributed by atoms with E-state index in [0.717, 1.165) is 12.0 Å². The highest BCUT2D eigenvalue weighted by molar-refractivity contribution is 5.91. The summed E-state index contributed by atoms with van der Waals surface area (Å²) in [6.07, 6.45) is 4.86. The minimum absolute atomic E-state index is 0.0896. The Balaban J connectivity index is 2.44. The Morgan fingerprint density at radius 1 is 1.50 bits per heavy atom. The molecule has 1 aromatic carbocycles. The van der Waals surface area contributed by atoms with Gasteiger partial charge in [-0.05, 0) is 38.3 Å². The van der Waals surface area contributed by atoms with Crippen molar-refractivity contribution in [3.8, 4) is 0 Å². The summed E-state index contributed by atoms with van der Waals surface area (Å²) in [4.78, 5) is 11.6. The van der Waals surface area contributed by atoms with Gasteiger partial charge in [-0.1, -0.05) is 29.8 Å². The lowest BCUT2D eigenvalue weighted by molar-refractivity contribution is -0.117. The maximum absolute atomic E-state index is 11.6. The molecule has 0 aliphatic heterocycles. The van der Waals surface area contributed by atoms with E-state index in [1.165, 1.54) is 5.56 Å². The van der Waals surface area contributed by atoms with Crippen molar-refractivity contribution >= 4 is 12.0 Å². The molecule has 0 aliphatic rings. The Hall–Kier alpha value is -1.61. The van der Waals surface area contributed by atoms with Gasteiger partial charge in [0.1, 0.15) is 0 Å². The number of rotatable bonds is 6. The van der Waals surface area contributed by atoms with Crippen LogP contribution in [0.1, 0.15) is 30.9 Å². The fraction of sp³-hybridized carbons (Fsp3) is 0.400. The molecular weight excluding hydrogens is 226 g/mol. The first kappa shape index (κ1) is 14.5. The number of nitrogens with one attached hydrogen (secondary N) is 1. The van der Waals surface area contributed by atoms with E-state index in [0.29, 0.717) is 6.42 Å². The molecule has 3 nitrogen and oxygen atoms in total. The molecule has 2 N–H and O–H groups in total. The summed E-state index contributed by atoms with van der Waals surface area (Å²) in [7, 11) is 0. The Kier molecular flexibility index (Phi) is 6.15. The number of carbonyl (C=O) groups excluding carboxylic acids is 1. The number of aryl methyl sites for hydroxylation is 1. The largest absolute Gasteiger partial charge is 0.396 e. The van der Waals surface area contributed by atoms with Gasteiger partial charge in [0.2, 0.25) is 5.91 Å². The molecule has 0 radical (unpaired) electrons. The van der Waals surface area contributed by atoms with E-state index in [4.69, 9.17) is 5.11 Å². The molecule has 0 saturated heterocycles. The number of aliphatic hydroxyl groups excluding tert-OH is 1. The van der Waals surface area contributed by atoms with Crippen molar-refractivity contribution in [2.24, 2.45) is 0 Å². The normalized spacial score (nSPS) is 12.6. The van der Waals surface area contributed by atoms with E-state index >= 15 is 0 Å². The summed E-state index contributed by atoms with van der Waals surface area (Å²) < 4.78 is 0. The van der Waals surface area contributed by atoms with Gasteiger partial charge in [0.15, 0.2) is 0 Å². The molecule has 1 unspecified atom stereocenters. The molecule has 0 aromatic heterocycles. The van der Waals surface area contributed by atoms with Crippen LogP contribution in [0, 0.1) is 6.92 Å². The molecule has 0 bridgehead atoms. The zero-order chi connectivity index (χ0) is 13.4. The lowest BCUT2D eigenvalue weighted by atomic mass is 10.1. The van der Waals surface area contributed by atoms with Gasteiger partial charge in [0.25, 0.3) is 0 Å². The molecule has 0 spiro atoms. The van der Waals surface area contributed by atoms with Gasteiger partial charge in [0.05, 0.1) is 0 Å². The van der Waals surface area contributed by atoms with E-state index in [1.807, 2.05) is 38.1 Å². The molecule has 1 amide bonds. The molecule has 1 atom stereocenters. The Bertz CT molecular complexity index is 413. The van der Waals surface area contributed by atoms with Gasteiger partial charge in [0, 0.05) is 18.7 Å². The molecule has 3 heteroatoms. The van der Waals surface area contributed by atoms with Crippen molar-refractivity contribution in [2.45, 2.75) is 32.7 Å². The van der Waals surface area contributed by atoms with Crippen molar-refractivity contribution in [3.05, 3.63) is 41.5 Å². The van der Waals surface area contributed by atoms with Gasteiger partial charge in [-0.2, -0.15) is 0 Å². The summed E-state index contributed by atoms with van der Waals surface area (Å²) >= 11 is 0. The van der Waals surface area contributed by atoms with Gasteiger partial charge in [-0.15, -0.1) is 0 Å². The number of amides is 1. The van der Waals surface area contributed by atoms with Crippen LogP contribution >= 0.6 is 0 Å². The minimum Gasteiger partial charge on any atom is -0.396 e. The van der Waals surface area contributed by atoms with E-state index in [-0.39, 0.29) is 18.6 Å². The van der Waals surface area contributed by atoms with E-state index < -0.39 is 0 Å². The van der Waals surface area contributed by atoms with Crippen LogP contribution in [-0.4, -0.2) is 23.7 Å². The third kappa shape index (κ3) is 5.64. The predicted octanol–water partition coefficient (Wildman–Crippen LogP) is 2.29. The highest BCUT2D eigenvalue weighted by Gasteiger charge is 2.03. The number of benzene rings is 1. The van der Waals surface area contributed by atoms with Gasteiger partial charge < -0.3 is 10.4 Å². The minimum atomic E-state index is -0.0954. The van der Waals surface area contributed by atoms with Crippen LogP contribution < -0.4 is 5.32 Å². The number of carbonyl (C=O) groups is 1. The fourth-order valence-corrected chi connectivity index (χ4v) is 1.71. The quantitative estimate of drug-likeness (QED) is 0.758. The SMILES string of the molecule is Cc1cccc(C=CC(=O)NC(C)CCCO)c1. The molecule has 98 valence electrons. The maximum Gasteiger partial charge on any atom is 0.244 e. The van der Waals surface area contributed by atoms with E-state index in [1.54, 1.807) is 12.2 Å². The summed E-state index contributed by atoms with van der Waals surface area (Å²) in [5, 5.41) is 11.6. The van der Waals surface area contributed by atoms with E-state index in [2.05, 4.69) is 5.32 Å². The van der Waals surface area contributed by atoms with Crippen molar-refractivity contribution < 1.29 is 9.90 Å². The second-order valence-electron chi connectivity index (χ2n) is 4.52. The van der Waals surface area contributed by atoms with Crippen LogP contribution in [0.5, 0.6) is 0 Å². The zero-order valence-electron chi connectivity index (χ0n) is 11.0. The lowest BCUT2D eigenvalue weighted by Crippen LogP contribution is -2.31. The van der Waals surface area contributed by atoms with Gasteiger partial charge >= 0.3 is 0 Å². The summed E-state index contributed by atoms with van der Waals surface area (Å²) in [6, 6.07) is 8.07. The van der Waals surface area contributed by atoms with Crippen LogP contribution in [0.15, 0.2) is 30.3 Å². The average Bonchev–Trinajstić information content (AvgIpc) is 2.34. The molecule has 1 rings (SSSR count). The second kappa shape index (κ2) is 7.67. The third-order valence-corrected chi connectivity index (χ3v) is 2.65. The molecule has 18 heavy (non-hydrogen) atoms. The van der Waals surface area contributed by atoms with E-state index in [9.17, 15) is 4.79 Å². The molecule has 0 saturated carbocycles. The fourth-order valence-electron chi connectivity index (χ4n) is 1.71. The lowest BCUT2D eigenvalue weighted by Gasteiger charge is -2.10. The smallest absolute Gasteiger partial charge is 0.244 e. The predicted molar refractivity (Wildman–Crippen MR) is 74.1 cm³/mol. The molecule has 0 aliphatic carbocycles. The first-order valence-corrected chi connectivity index (χ1v) is 6.28. The summed E-state index contributed by atoms with van der Waals surface area (Å²) in [5.41, 5.74) is 2.20. The molecule has 0 fully saturated rings. The first-order valence-electron chi connectivity index (χ1n) is 6.28. The van der Waals surface area contributed by atoms with Crippen LogP contribution in [0.4, 0.5) is 0 Å². The molecule has 1 aromatic rings. The zero-order valence-corrected chi connectivity index (χ0v) is 11.0. The number of hydrogen-bond donors (Lipinski definition) is 2. The van der Waals surface area contributed by atoms with Crippen LogP contribution in [0.3, 0.4) is 0 Å². The van der Waals surface area contributed by atoms with Crippen molar-refractivity contribution in [1.82, 2.24) is 5.32 Å². The third-order valence-electron chi connectivity index (χ3n) is 2.65. The average molecular weight is 247 g/mol. The van der Waals surface area contributed by atoms with Crippen molar-refractivity contribution in [2.75, 3.05) is 6.61 Å². The standard InChI is InChI=1S/C15H21NO2/c1-12-5-3-7-14(11-12)8-9-15(18)16-13(2)6-4-10-17/h3,5,7-9,11,13,17H,4,6,10H2,1-2H3,(H,16,18). The topological polar surface area (TPSA) is 49.3 Å². The highest BCUT2D eigenvalue weighted by Crippen LogP contribution is 2.05.